The lowest BCUT2D eigenvalue weighted by Crippen LogP contribution is -2.44. The van der Waals surface area contributed by atoms with Crippen molar-refractivity contribution in [3.63, 3.8) is 0 Å². The molecule has 8 heteroatoms. The molecule has 0 spiro atoms. The Balaban J connectivity index is 1.65. The third-order valence-electron chi connectivity index (χ3n) is 5.48. The lowest BCUT2D eigenvalue weighted by atomic mass is 9.88. The minimum atomic E-state index is -0.712. The van der Waals surface area contributed by atoms with Crippen molar-refractivity contribution in [2.75, 3.05) is 13.1 Å². The van der Waals surface area contributed by atoms with Crippen molar-refractivity contribution in [3.05, 3.63) is 59.7 Å². The summed E-state index contributed by atoms with van der Waals surface area (Å²) >= 11 is 0. The topological polar surface area (TPSA) is 67.4 Å². The smallest absolute Gasteiger partial charge is 0.410 e. The van der Waals surface area contributed by atoms with E-state index in [0.29, 0.717) is 29.6 Å². The fourth-order valence-corrected chi connectivity index (χ4v) is 4.04. The first-order chi connectivity index (χ1) is 15.2. The molecule has 2 heterocycles. The molecule has 0 radical (unpaired) electrons. The first kappa shape index (κ1) is 22.0. The van der Waals surface area contributed by atoms with Crippen LogP contribution in [0.3, 0.4) is 0 Å². The number of likely N-dealkylation sites (tertiary alicyclic amines) is 1. The molecule has 1 fully saturated rings. The number of aromatic nitrogens is 2. The van der Waals surface area contributed by atoms with Crippen LogP contribution in [0.4, 0.5) is 13.6 Å². The molecular weight excluding hydrogens is 416 g/mol. The van der Waals surface area contributed by atoms with Gasteiger partial charge in [-0.05, 0) is 57.9 Å². The first-order valence-corrected chi connectivity index (χ1v) is 10.7. The number of aromatic amines is 1. The van der Waals surface area contributed by atoms with Crippen molar-refractivity contribution in [2.24, 2.45) is 5.92 Å². The Morgan fingerprint density at radius 3 is 2.75 bits per heavy atom. The van der Waals surface area contributed by atoms with Gasteiger partial charge in [-0.25, -0.2) is 13.6 Å². The molecule has 4 rings (SSSR count). The van der Waals surface area contributed by atoms with Gasteiger partial charge in [0.2, 0.25) is 5.88 Å². The molecule has 170 valence electrons. The molecule has 1 aliphatic rings. The largest absolute Gasteiger partial charge is 0.467 e. The van der Waals surface area contributed by atoms with Crippen LogP contribution in [-0.4, -0.2) is 39.9 Å². The maximum absolute atomic E-state index is 14.8. The molecule has 1 aromatic heterocycles. The van der Waals surface area contributed by atoms with Crippen LogP contribution in [0.15, 0.2) is 42.5 Å². The Morgan fingerprint density at radius 2 is 2.00 bits per heavy atom. The van der Waals surface area contributed by atoms with Gasteiger partial charge in [-0.2, -0.15) is 0 Å². The van der Waals surface area contributed by atoms with Crippen molar-refractivity contribution in [1.29, 1.82) is 0 Å². The van der Waals surface area contributed by atoms with Crippen LogP contribution in [0.1, 0.15) is 45.3 Å². The van der Waals surface area contributed by atoms with Gasteiger partial charge >= 0.3 is 6.09 Å². The van der Waals surface area contributed by atoms with E-state index < -0.39 is 29.4 Å². The van der Waals surface area contributed by atoms with Crippen LogP contribution in [0.2, 0.25) is 0 Å². The van der Waals surface area contributed by atoms with Crippen LogP contribution in [0.5, 0.6) is 5.88 Å². The van der Waals surface area contributed by atoms with Gasteiger partial charge in [-0.15, -0.1) is 5.10 Å². The Kier molecular flexibility index (Phi) is 6.04. The Bertz CT molecular complexity index is 1110. The van der Waals surface area contributed by atoms with Crippen molar-refractivity contribution >= 4 is 17.0 Å². The number of hydrogen-bond donors (Lipinski definition) is 1. The second-order valence-electron chi connectivity index (χ2n) is 9.11. The quantitative estimate of drug-likeness (QED) is 0.569. The number of nitrogens with zero attached hydrogens (tertiary/aromatic N) is 2. The summed E-state index contributed by atoms with van der Waals surface area (Å²) in [5, 5.41) is 7.49. The first-order valence-electron chi connectivity index (χ1n) is 10.7. The van der Waals surface area contributed by atoms with E-state index in [4.69, 9.17) is 9.47 Å². The lowest BCUT2D eigenvalue weighted by Gasteiger charge is -2.37. The predicted octanol–water partition coefficient (Wildman–Crippen LogP) is 5.61. The van der Waals surface area contributed by atoms with Gasteiger partial charge in [0, 0.05) is 24.6 Å². The average Bonchev–Trinajstić information content (AvgIpc) is 3.13. The van der Waals surface area contributed by atoms with E-state index in [1.54, 1.807) is 29.2 Å². The number of nitrogens with one attached hydrogen (secondary N) is 1. The van der Waals surface area contributed by atoms with Gasteiger partial charge in [0.25, 0.3) is 0 Å². The van der Waals surface area contributed by atoms with Crippen molar-refractivity contribution in [1.82, 2.24) is 15.1 Å². The number of rotatable bonds is 4. The second kappa shape index (κ2) is 8.76. The molecule has 2 aromatic carbocycles. The summed E-state index contributed by atoms with van der Waals surface area (Å²) in [5.74, 6) is -0.825. The van der Waals surface area contributed by atoms with E-state index >= 15 is 0 Å². The molecule has 0 saturated carbocycles. The van der Waals surface area contributed by atoms with E-state index in [2.05, 4.69) is 10.2 Å². The van der Waals surface area contributed by atoms with Crippen LogP contribution in [0, 0.1) is 17.6 Å². The van der Waals surface area contributed by atoms with Crippen LogP contribution < -0.4 is 4.74 Å². The molecule has 2 atom stereocenters. The summed E-state index contributed by atoms with van der Waals surface area (Å²) in [7, 11) is 0. The minimum absolute atomic E-state index is 0.196. The second-order valence-corrected chi connectivity index (χ2v) is 9.11. The molecule has 1 amide bonds. The van der Waals surface area contributed by atoms with Gasteiger partial charge in [-0.1, -0.05) is 18.2 Å². The Hall–Kier alpha value is -3.16. The van der Waals surface area contributed by atoms with Crippen LogP contribution >= 0.6 is 0 Å². The van der Waals surface area contributed by atoms with Crippen LogP contribution in [-0.2, 0) is 4.74 Å². The molecule has 3 aromatic rings. The van der Waals surface area contributed by atoms with Gasteiger partial charge in [0.1, 0.15) is 23.3 Å². The summed E-state index contributed by atoms with van der Waals surface area (Å²) in [6, 6.07) is 10.6. The molecule has 1 aliphatic heterocycles. The third kappa shape index (κ3) is 4.84. The van der Waals surface area contributed by atoms with E-state index in [9.17, 15) is 13.6 Å². The Morgan fingerprint density at radius 1 is 1.22 bits per heavy atom. The number of hydrogen-bond acceptors (Lipinski definition) is 4. The van der Waals surface area contributed by atoms with Gasteiger partial charge < -0.3 is 14.4 Å². The Labute approximate surface area is 185 Å². The highest BCUT2D eigenvalue weighted by Gasteiger charge is 2.35. The molecule has 6 nitrogen and oxygen atoms in total. The SMILES string of the molecule is CC(C)(C)OC(=O)N1CCC[C@H](C(Oc2n[nH]c3ccc(F)cc23)c2ccccc2F)C1. The molecule has 0 bridgehead atoms. The summed E-state index contributed by atoms with van der Waals surface area (Å²) in [6.07, 6.45) is 0.349. The standard InChI is InChI=1S/C24H27F2N3O3/c1-24(2,3)32-23(30)29-12-6-7-15(14-29)21(17-8-4-5-9-19(17)26)31-22-18-13-16(25)10-11-20(18)27-28-22/h4-5,8-11,13,15,21H,6-7,12,14H2,1-3H3,(H,27,28)/t15-,21?/m0/s1. The number of carbonyl (C=O) groups excluding carboxylic acids is 1. The highest BCUT2D eigenvalue weighted by atomic mass is 19.1. The van der Waals surface area contributed by atoms with Crippen molar-refractivity contribution in [3.8, 4) is 5.88 Å². The van der Waals surface area contributed by atoms with E-state index in [-0.39, 0.29) is 11.8 Å². The number of amides is 1. The van der Waals surface area contributed by atoms with Gasteiger partial charge in [0.05, 0.1) is 10.9 Å². The summed E-state index contributed by atoms with van der Waals surface area (Å²) in [6.45, 7) is 6.37. The highest BCUT2D eigenvalue weighted by molar-refractivity contribution is 5.83. The molecule has 1 saturated heterocycles. The zero-order chi connectivity index (χ0) is 22.9. The highest BCUT2D eigenvalue weighted by Crippen LogP contribution is 2.37. The fraction of sp³-hybridized carbons (Fsp3) is 0.417. The zero-order valence-electron chi connectivity index (χ0n) is 18.4. The summed E-state index contributed by atoms with van der Waals surface area (Å²) < 4.78 is 40.4. The molecule has 0 aliphatic carbocycles. The zero-order valence-corrected chi connectivity index (χ0v) is 18.4. The number of benzene rings is 2. The maximum Gasteiger partial charge on any atom is 0.410 e. The molecule has 32 heavy (non-hydrogen) atoms. The van der Waals surface area contributed by atoms with Crippen molar-refractivity contribution < 1.29 is 23.0 Å². The number of H-pyrrole nitrogens is 1. The normalized spacial score (nSPS) is 17.9. The fourth-order valence-electron chi connectivity index (χ4n) is 4.04. The van der Waals surface area contributed by atoms with Gasteiger partial charge in [0.15, 0.2) is 0 Å². The number of piperidine rings is 1. The monoisotopic (exact) mass is 443 g/mol. The van der Waals surface area contributed by atoms with E-state index in [0.717, 1.165) is 12.8 Å². The lowest BCUT2D eigenvalue weighted by molar-refractivity contribution is 0.00518. The predicted molar refractivity (Wildman–Crippen MR) is 116 cm³/mol. The van der Waals surface area contributed by atoms with Gasteiger partial charge in [-0.3, -0.25) is 5.10 Å². The van der Waals surface area contributed by atoms with Crippen molar-refractivity contribution in [2.45, 2.75) is 45.3 Å². The molecular formula is C24H27F2N3O3. The number of carbonyl (C=O) groups is 1. The molecule has 1 unspecified atom stereocenters. The average molecular weight is 443 g/mol. The number of halogens is 2. The minimum Gasteiger partial charge on any atom is -0.467 e. The number of fused-ring (bicyclic) bond motifs is 1. The maximum atomic E-state index is 14.8. The third-order valence-corrected chi connectivity index (χ3v) is 5.48. The summed E-state index contributed by atoms with van der Waals surface area (Å²) in [4.78, 5) is 14.3. The molecule has 1 N–H and O–H groups in total. The van der Waals surface area contributed by atoms with E-state index in [1.807, 2.05) is 20.8 Å². The number of ether oxygens (including phenoxy) is 2. The summed E-state index contributed by atoms with van der Waals surface area (Å²) in [5.41, 5.74) is 0.382. The van der Waals surface area contributed by atoms with E-state index in [1.165, 1.54) is 18.2 Å². The van der Waals surface area contributed by atoms with Crippen LogP contribution in [0.25, 0.3) is 10.9 Å².